The van der Waals surface area contributed by atoms with Gasteiger partial charge in [0.2, 0.25) is 17.7 Å². The molecule has 0 aliphatic rings. The average Bonchev–Trinajstić information content (AvgIpc) is 2.87. The largest absolute Gasteiger partial charge is 0.444 e. The lowest BCUT2D eigenvalue weighted by Gasteiger charge is -2.35. The van der Waals surface area contributed by atoms with Crippen LogP contribution in [-0.4, -0.2) is 52.9 Å². The molecule has 40 heavy (non-hydrogen) atoms. The van der Waals surface area contributed by atoms with Crippen LogP contribution < -0.4 is 16.4 Å². The molecule has 0 aromatic heterocycles. The van der Waals surface area contributed by atoms with Gasteiger partial charge in [0.1, 0.15) is 17.7 Å². The topological polar surface area (TPSA) is 131 Å². The summed E-state index contributed by atoms with van der Waals surface area (Å²) >= 11 is 0. The highest BCUT2D eigenvalue weighted by Crippen LogP contribution is 2.25. The second-order valence-corrected chi connectivity index (χ2v) is 11.5. The Balaban J connectivity index is 3.53. The highest BCUT2D eigenvalue weighted by Gasteiger charge is 2.36. The minimum Gasteiger partial charge on any atom is -0.444 e. The van der Waals surface area contributed by atoms with Gasteiger partial charge < -0.3 is 26.0 Å². The van der Waals surface area contributed by atoms with Crippen LogP contribution in [0.5, 0.6) is 0 Å². The number of ether oxygens (including phenoxy) is 1. The zero-order valence-corrected chi connectivity index (χ0v) is 25.7. The zero-order chi connectivity index (χ0) is 30.3. The van der Waals surface area contributed by atoms with Gasteiger partial charge in [0.15, 0.2) is 0 Å². The summed E-state index contributed by atoms with van der Waals surface area (Å²) in [5.74, 6) is -1.32. The van der Waals surface area contributed by atoms with Gasteiger partial charge in [0.05, 0.1) is 0 Å². The Morgan fingerprint density at radius 3 is 2.10 bits per heavy atom. The van der Waals surface area contributed by atoms with E-state index in [9.17, 15) is 19.2 Å². The minimum absolute atomic E-state index is 0.00574. The third-order valence-electron chi connectivity index (χ3n) is 6.58. The van der Waals surface area contributed by atoms with E-state index in [1.165, 1.54) is 0 Å². The lowest BCUT2D eigenvalue weighted by Crippen LogP contribution is -2.54. The van der Waals surface area contributed by atoms with E-state index >= 15 is 0 Å². The Labute approximate surface area is 241 Å². The number of nitrogens with one attached hydrogen (secondary N) is 2. The SMILES string of the molecule is CCCCCCN(C(=O)C(CCC(N)=O)NC(=O)OC(C)(C)C)C(C(=O)NC(C)CCC)c1ccc(CC)cc1. The van der Waals surface area contributed by atoms with Gasteiger partial charge in [-0.15, -0.1) is 0 Å². The van der Waals surface area contributed by atoms with E-state index in [0.29, 0.717) is 18.5 Å². The smallest absolute Gasteiger partial charge is 0.408 e. The highest BCUT2D eigenvalue weighted by molar-refractivity contribution is 5.92. The molecule has 1 aromatic carbocycles. The Bertz CT molecular complexity index is 942. The van der Waals surface area contributed by atoms with Gasteiger partial charge in [-0.25, -0.2) is 4.79 Å². The molecular formula is C31H52N4O5. The monoisotopic (exact) mass is 560 g/mol. The van der Waals surface area contributed by atoms with E-state index in [-0.39, 0.29) is 24.8 Å². The third-order valence-corrected chi connectivity index (χ3v) is 6.58. The molecule has 0 fully saturated rings. The Morgan fingerprint density at radius 1 is 0.925 bits per heavy atom. The van der Waals surface area contributed by atoms with E-state index in [1.807, 2.05) is 31.2 Å². The van der Waals surface area contributed by atoms with Crippen LogP contribution in [0.25, 0.3) is 0 Å². The molecule has 9 heteroatoms. The van der Waals surface area contributed by atoms with Crippen molar-refractivity contribution >= 4 is 23.8 Å². The summed E-state index contributed by atoms with van der Waals surface area (Å²) in [6, 6.07) is 5.64. The number of hydrogen-bond donors (Lipinski definition) is 3. The molecule has 4 amide bonds. The van der Waals surface area contributed by atoms with Gasteiger partial charge in [-0.05, 0) is 64.5 Å². The van der Waals surface area contributed by atoms with Crippen LogP contribution in [0.15, 0.2) is 24.3 Å². The molecule has 0 radical (unpaired) electrons. The number of carbonyl (C=O) groups excluding carboxylic acids is 4. The van der Waals surface area contributed by atoms with Crippen molar-refractivity contribution in [1.29, 1.82) is 0 Å². The maximum Gasteiger partial charge on any atom is 0.408 e. The van der Waals surface area contributed by atoms with Crippen LogP contribution >= 0.6 is 0 Å². The van der Waals surface area contributed by atoms with Crippen LogP contribution in [0.2, 0.25) is 0 Å². The van der Waals surface area contributed by atoms with Crippen molar-refractivity contribution in [2.75, 3.05) is 6.54 Å². The van der Waals surface area contributed by atoms with Crippen LogP contribution in [0, 0.1) is 0 Å². The number of primary amides is 1. The fraction of sp³-hybridized carbons (Fsp3) is 0.677. The van der Waals surface area contributed by atoms with E-state index < -0.39 is 35.6 Å². The van der Waals surface area contributed by atoms with Crippen molar-refractivity contribution in [3.05, 3.63) is 35.4 Å². The van der Waals surface area contributed by atoms with Crippen molar-refractivity contribution in [2.24, 2.45) is 5.73 Å². The Kier molecular flexibility index (Phi) is 15.3. The maximum absolute atomic E-state index is 14.2. The lowest BCUT2D eigenvalue weighted by molar-refractivity contribution is -0.143. The fourth-order valence-electron chi connectivity index (χ4n) is 4.50. The predicted octanol–water partition coefficient (Wildman–Crippen LogP) is 5.16. The van der Waals surface area contributed by atoms with Crippen molar-refractivity contribution in [2.45, 2.75) is 130 Å². The molecule has 0 bridgehead atoms. The Hall–Kier alpha value is -3.10. The molecule has 0 saturated heterocycles. The van der Waals surface area contributed by atoms with Gasteiger partial charge in [-0.1, -0.05) is 70.7 Å². The third kappa shape index (κ3) is 12.8. The molecule has 0 aliphatic heterocycles. The van der Waals surface area contributed by atoms with Gasteiger partial charge in [-0.3, -0.25) is 14.4 Å². The number of nitrogens with two attached hydrogens (primary N) is 1. The summed E-state index contributed by atoms with van der Waals surface area (Å²) in [6.45, 7) is 13.7. The van der Waals surface area contributed by atoms with Gasteiger partial charge in [-0.2, -0.15) is 0 Å². The molecule has 1 aromatic rings. The molecule has 0 saturated carbocycles. The number of rotatable bonds is 17. The maximum atomic E-state index is 14.2. The average molecular weight is 561 g/mol. The summed E-state index contributed by atoms with van der Waals surface area (Å²) in [7, 11) is 0. The Morgan fingerprint density at radius 2 is 1.57 bits per heavy atom. The molecule has 0 aliphatic carbocycles. The van der Waals surface area contributed by atoms with Gasteiger partial charge in [0.25, 0.3) is 0 Å². The second kappa shape index (κ2) is 17.6. The first-order chi connectivity index (χ1) is 18.8. The second-order valence-electron chi connectivity index (χ2n) is 11.5. The molecule has 0 heterocycles. The van der Waals surface area contributed by atoms with Crippen molar-refractivity contribution in [3.8, 4) is 0 Å². The lowest BCUT2D eigenvalue weighted by atomic mass is 9.98. The molecular weight excluding hydrogens is 508 g/mol. The number of amides is 4. The molecule has 4 N–H and O–H groups in total. The van der Waals surface area contributed by atoms with E-state index in [4.69, 9.17) is 10.5 Å². The summed E-state index contributed by atoms with van der Waals surface area (Å²) in [4.78, 5) is 53.9. The molecule has 0 spiro atoms. The first kappa shape index (κ1) is 34.9. The van der Waals surface area contributed by atoms with Crippen LogP contribution in [0.1, 0.15) is 117 Å². The fourth-order valence-corrected chi connectivity index (χ4v) is 4.50. The first-order valence-corrected chi connectivity index (χ1v) is 14.8. The van der Waals surface area contributed by atoms with E-state index in [0.717, 1.165) is 44.1 Å². The minimum atomic E-state index is -1.09. The van der Waals surface area contributed by atoms with Crippen molar-refractivity contribution in [1.82, 2.24) is 15.5 Å². The summed E-state index contributed by atoms with van der Waals surface area (Å²) in [5.41, 5.74) is 6.43. The summed E-state index contributed by atoms with van der Waals surface area (Å²) in [5, 5.41) is 5.73. The number of benzene rings is 1. The summed E-state index contributed by atoms with van der Waals surface area (Å²) in [6.07, 6.45) is 5.28. The van der Waals surface area contributed by atoms with E-state index in [1.54, 1.807) is 25.7 Å². The molecule has 226 valence electrons. The highest BCUT2D eigenvalue weighted by atomic mass is 16.6. The summed E-state index contributed by atoms with van der Waals surface area (Å²) < 4.78 is 5.40. The number of hydrogen-bond acceptors (Lipinski definition) is 5. The number of nitrogens with zero attached hydrogens (tertiary/aromatic N) is 1. The van der Waals surface area contributed by atoms with Gasteiger partial charge in [0, 0.05) is 19.0 Å². The molecule has 9 nitrogen and oxygen atoms in total. The van der Waals surface area contributed by atoms with Crippen LogP contribution in [0.3, 0.4) is 0 Å². The number of unbranched alkanes of at least 4 members (excludes halogenated alkanes) is 3. The first-order valence-electron chi connectivity index (χ1n) is 14.8. The van der Waals surface area contributed by atoms with Crippen LogP contribution in [0.4, 0.5) is 4.79 Å². The molecule has 3 unspecified atom stereocenters. The predicted molar refractivity (Wildman–Crippen MR) is 159 cm³/mol. The molecule has 1 rings (SSSR count). The number of alkyl carbamates (subject to hydrolysis) is 1. The zero-order valence-electron chi connectivity index (χ0n) is 25.7. The van der Waals surface area contributed by atoms with Gasteiger partial charge >= 0.3 is 6.09 Å². The molecule has 3 atom stereocenters. The van der Waals surface area contributed by atoms with Crippen molar-refractivity contribution in [3.63, 3.8) is 0 Å². The standard InChI is InChI=1S/C31H52N4O5/c1-8-11-12-13-21-35(29(38)25(19-20-26(32)36)34-30(39)40-31(5,6)7)27(28(37)33-22(4)14-9-2)24-17-15-23(10-3)16-18-24/h15-18,22,25,27H,8-14,19-21H2,1-7H3,(H2,32,36)(H,33,37)(H,34,39). The van der Waals surface area contributed by atoms with Crippen LogP contribution in [-0.2, 0) is 25.5 Å². The van der Waals surface area contributed by atoms with Crippen molar-refractivity contribution < 1.29 is 23.9 Å². The van der Waals surface area contributed by atoms with E-state index in [2.05, 4.69) is 31.4 Å². The number of carbonyl (C=O) groups is 4. The quantitative estimate of drug-likeness (QED) is 0.227. The normalized spacial score (nSPS) is 13.6. The number of aryl methyl sites for hydroxylation is 1.